The number of nitro groups is 1. The van der Waals surface area contributed by atoms with Gasteiger partial charge in [-0.25, -0.2) is 0 Å². The molecule has 0 bridgehead atoms. The average Bonchev–Trinajstić information content (AvgIpc) is 2.69. The standard InChI is InChI=1S/C17H14N4O5S/c18-9-12-3-1-2-4-15(12)26-10-16(22)19-20-17(23)11-27-14-7-5-13(6-8-14)21(24)25/h1-8H,10-11H2,(H,19,22)(H,20,23). The SMILES string of the molecule is N#Cc1ccccc1OCC(=O)NNC(=O)CSc1ccc([N+](=O)[O-])cc1. The van der Waals surface area contributed by atoms with Gasteiger partial charge >= 0.3 is 0 Å². The molecule has 0 unspecified atom stereocenters. The Balaban J connectivity index is 1.71. The lowest BCUT2D eigenvalue weighted by Gasteiger charge is -2.09. The molecule has 9 nitrogen and oxygen atoms in total. The smallest absolute Gasteiger partial charge is 0.276 e. The minimum Gasteiger partial charge on any atom is -0.482 e. The molecule has 138 valence electrons. The van der Waals surface area contributed by atoms with Crippen molar-refractivity contribution in [1.29, 1.82) is 5.26 Å². The van der Waals surface area contributed by atoms with Gasteiger partial charge in [-0.1, -0.05) is 12.1 Å². The number of nitro benzene ring substituents is 1. The maximum atomic E-state index is 11.7. The predicted molar refractivity (Wildman–Crippen MR) is 96.8 cm³/mol. The molecule has 0 saturated carbocycles. The van der Waals surface area contributed by atoms with Crippen LogP contribution in [0.1, 0.15) is 5.56 Å². The molecule has 10 heteroatoms. The van der Waals surface area contributed by atoms with Crippen molar-refractivity contribution in [2.75, 3.05) is 12.4 Å². The van der Waals surface area contributed by atoms with E-state index >= 15 is 0 Å². The van der Waals surface area contributed by atoms with Gasteiger partial charge in [-0.3, -0.25) is 30.6 Å². The Labute approximate surface area is 158 Å². The molecule has 2 N–H and O–H groups in total. The lowest BCUT2D eigenvalue weighted by Crippen LogP contribution is -2.44. The molecule has 2 aromatic carbocycles. The number of amides is 2. The third-order valence-corrected chi connectivity index (χ3v) is 4.14. The summed E-state index contributed by atoms with van der Waals surface area (Å²) in [7, 11) is 0. The summed E-state index contributed by atoms with van der Waals surface area (Å²) in [5.74, 6) is -0.758. The maximum absolute atomic E-state index is 11.7. The quantitative estimate of drug-likeness (QED) is 0.421. The molecule has 27 heavy (non-hydrogen) atoms. The van der Waals surface area contributed by atoms with Gasteiger partial charge in [-0.2, -0.15) is 5.26 Å². The minimum atomic E-state index is -0.587. The van der Waals surface area contributed by atoms with E-state index in [0.29, 0.717) is 10.5 Å². The second-order valence-electron chi connectivity index (χ2n) is 5.03. The first kappa shape index (κ1) is 19.7. The van der Waals surface area contributed by atoms with Crippen LogP contribution in [0.4, 0.5) is 5.69 Å². The summed E-state index contributed by atoms with van der Waals surface area (Å²) in [5.41, 5.74) is 4.70. The van der Waals surface area contributed by atoms with Gasteiger partial charge in [0.25, 0.3) is 11.6 Å². The van der Waals surface area contributed by atoms with E-state index in [-0.39, 0.29) is 23.8 Å². The number of ether oxygens (including phenoxy) is 1. The van der Waals surface area contributed by atoms with Crippen LogP contribution in [0.25, 0.3) is 0 Å². The zero-order valence-electron chi connectivity index (χ0n) is 13.9. The molecule has 0 atom stereocenters. The number of carbonyl (C=O) groups is 2. The highest BCUT2D eigenvalue weighted by molar-refractivity contribution is 8.00. The number of nitriles is 1. The van der Waals surface area contributed by atoms with Gasteiger partial charge in [0.05, 0.1) is 16.2 Å². The number of hydrogen-bond acceptors (Lipinski definition) is 7. The Bertz CT molecular complexity index is 880. The fourth-order valence-electron chi connectivity index (χ4n) is 1.85. The molecule has 0 radical (unpaired) electrons. The monoisotopic (exact) mass is 386 g/mol. The summed E-state index contributed by atoms with van der Waals surface area (Å²) in [4.78, 5) is 34.2. The number of non-ortho nitro benzene ring substituents is 1. The molecule has 2 amide bonds. The van der Waals surface area contributed by atoms with Crippen molar-refractivity contribution >= 4 is 29.3 Å². The highest BCUT2D eigenvalue weighted by Gasteiger charge is 2.09. The van der Waals surface area contributed by atoms with E-state index in [1.165, 1.54) is 24.3 Å². The second kappa shape index (κ2) is 9.79. The van der Waals surface area contributed by atoms with Crippen molar-refractivity contribution in [2.45, 2.75) is 4.90 Å². The van der Waals surface area contributed by atoms with E-state index in [1.54, 1.807) is 24.3 Å². The van der Waals surface area contributed by atoms with Crippen LogP contribution < -0.4 is 15.6 Å². The molecular weight excluding hydrogens is 372 g/mol. The third kappa shape index (κ3) is 6.33. The predicted octanol–water partition coefficient (Wildman–Crippen LogP) is 1.78. The number of nitrogens with one attached hydrogen (secondary N) is 2. The Kier molecular flexibility index (Phi) is 7.16. The number of nitrogens with zero attached hydrogens (tertiary/aromatic N) is 2. The lowest BCUT2D eigenvalue weighted by molar-refractivity contribution is -0.384. The number of para-hydroxylation sites is 1. The number of hydrazine groups is 1. The van der Waals surface area contributed by atoms with E-state index in [2.05, 4.69) is 10.9 Å². The zero-order chi connectivity index (χ0) is 19.6. The fourth-order valence-corrected chi connectivity index (χ4v) is 2.55. The summed E-state index contributed by atoms with van der Waals surface area (Å²) in [5, 5.41) is 19.5. The van der Waals surface area contributed by atoms with Gasteiger partial charge < -0.3 is 4.74 Å². The van der Waals surface area contributed by atoms with Crippen LogP contribution in [0, 0.1) is 21.4 Å². The largest absolute Gasteiger partial charge is 0.482 e. The first-order valence-electron chi connectivity index (χ1n) is 7.56. The summed E-state index contributed by atoms with van der Waals surface area (Å²) in [6.45, 7) is -0.367. The van der Waals surface area contributed by atoms with E-state index in [9.17, 15) is 19.7 Å². The van der Waals surface area contributed by atoms with Crippen LogP contribution in [0.2, 0.25) is 0 Å². The summed E-state index contributed by atoms with van der Waals surface area (Å²) in [6, 6.07) is 14.2. The Morgan fingerprint density at radius 2 is 1.78 bits per heavy atom. The van der Waals surface area contributed by atoms with Crippen molar-refractivity contribution < 1.29 is 19.2 Å². The Morgan fingerprint density at radius 1 is 1.11 bits per heavy atom. The van der Waals surface area contributed by atoms with Crippen molar-refractivity contribution in [3.63, 3.8) is 0 Å². The van der Waals surface area contributed by atoms with Crippen LogP contribution in [0.15, 0.2) is 53.4 Å². The number of carbonyl (C=O) groups excluding carboxylic acids is 2. The number of rotatable bonds is 7. The molecule has 0 heterocycles. The highest BCUT2D eigenvalue weighted by Crippen LogP contribution is 2.21. The van der Waals surface area contributed by atoms with E-state index in [4.69, 9.17) is 10.00 Å². The molecule has 0 fully saturated rings. The molecule has 0 saturated heterocycles. The molecule has 0 aliphatic rings. The van der Waals surface area contributed by atoms with Gasteiger partial charge in [-0.15, -0.1) is 11.8 Å². The Hall–Kier alpha value is -3.58. The first-order valence-corrected chi connectivity index (χ1v) is 8.55. The second-order valence-corrected chi connectivity index (χ2v) is 6.08. The molecule has 2 rings (SSSR count). The fraction of sp³-hybridized carbons (Fsp3) is 0.118. The normalized spacial score (nSPS) is 9.74. The van der Waals surface area contributed by atoms with Crippen LogP contribution >= 0.6 is 11.8 Å². The van der Waals surface area contributed by atoms with Crippen LogP contribution in [-0.2, 0) is 9.59 Å². The number of hydrogen-bond donors (Lipinski definition) is 2. The summed E-state index contributed by atoms with van der Waals surface area (Å²) >= 11 is 1.16. The minimum absolute atomic E-state index is 0.0101. The molecule has 0 aliphatic carbocycles. The zero-order valence-corrected chi connectivity index (χ0v) is 14.7. The lowest BCUT2D eigenvalue weighted by atomic mass is 10.2. The third-order valence-electron chi connectivity index (χ3n) is 3.13. The van der Waals surface area contributed by atoms with Crippen molar-refractivity contribution in [1.82, 2.24) is 10.9 Å². The molecule has 2 aromatic rings. The van der Waals surface area contributed by atoms with Gasteiger partial charge in [0.1, 0.15) is 11.8 Å². The molecular formula is C17H14N4O5S. The van der Waals surface area contributed by atoms with E-state index in [0.717, 1.165) is 11.8 Å². The maximum Gasteiger partial charge on any atom is 0.276 e. The van der Waals surface area contributed by atoms with Crippen LogP contribution in [0.5, 0.6) is 5.75 Å². The van der Waals surface area contributed by atoms with Crippen LogP contribution in [-0.4, -0.2) is 29.1 Å². The van der Waals surface area contributed by atoms with Crippen LogP contribution in [0.3, 0.4) is 0 Å². The van der Waals surface area contributed by atoms with E-state index < -0.39 is 16.7 Å². The number of benzene rings is 2. The van der Waals surface area contributed by atoms with Gasteiger partial charge in [0.15, 0.2) is 6.61 Å². The van der Waals surface area contributed by atoms with Gasteiger partial charge in [0, 0.05) is 17.0 Å². The van der Waals surface area contributed by atoms with Crippen molar-refractivity contribution in [3.8, 4) is 11.8 Å². The first-order chi connectivity index (χ1) is 13.0. The van der Waals surface area contributed by atoms with Crippen molar-refractivity contribution in [2.24, 2.45) is 0 Å². The summed E-state index contributed by atoms with van der Waals surface area (Å²) in [6.07, 6.45) is 0. The molecule has 0 spiro atoms. The topological polar surface area (TPSA) is 134 Å². The molecule has 0 aromatic heterocycles. The Morgan fingerprint density at radius 3 is 2.44 bits per heavy atom. The highest BCUT2D eigenvalue weighted by atomic mass is 32.2. The van der Waals surface area contributed by atoms with E-state index in [1.807, 2.05) is 6.07 Å². The number of thioether (sulfide) groups is 1. The molecule has 0 aliphatic heterocycles. The van der Waals surface area contributed by atoms with Gasteiger partial charge in [0.2, 0.25) is 5.91 Å². The average molecular weight is 386 g/mol. The van der Waals surface area contributed by atoms with Gasteiger partial charge in [-0.05, 0) is 24.3 Å². The summed E-state index contributed by atoms with van der Waals surface area (Å²) < 4.78 is 5.24. The van der Waals surface area contributed by atoms with Crippen molar-refractivity contribution in [3.05, 3.63) is 64.2 Å².